The van der Waals surface area contributed by atoms with Crippen molar-refractivity contribution in [2.75, 3.05) is 0 Å². The topological polar surface area (TPSA) is 95.1 Å². The number of rotatable bonds is 7. The molecule has 27 heavy (non-hydrogen) atoms. The highest BCUT2D eigenvalue weighted by Gasteiger charge is 2.19. The van der Waals surface area contributed by atoms with Crippen LogP contribution >= 0.6 is 0 Å². The highest BCUT2D eigenvalue weighted by atomic mass is 16.5. The van der Waals surface area contributed by atoms with E-state index in [4.69, 9.17) is 9.26 Å². The summed E-state index contributed by atoms with van der Waals surface area (Å²) in [6, 6.07) is 7.27. The van der Waals surface area contributed by atoms with Crippen LogP contribution in [0, 0.1) is 13.8 Å². The van der Waals surface area contributed by atoms with Gasteiger partial charge in [0.25, 0.3) is 5.91 Å². The van der Waals surface area contributed by atoms with Crippen LogP contribution in [0.25, 0.3) is 0 Å². The molecule has 3 rings (SSSR count). The van der Waals surface area contributed by atoms with Gasteiger partial charge < -0.3 is 14.6 Å². The molecule has 0 saturated carbocycles. The number of ether oxygens (including phenoxy) is 1. The van der Waals surface area contributed by atoms with Crippen LogP contribution < -0.4 is 10.1 Å². The number of carbonyl (C=O) groups is 1. The first-order chi connectivity index (χ1) is 13.0. The van der Waals surface area contributed by atoms with Gasteiger partial charge in [-0.1, -0.05) is 17.3 Å². The molecule has 0 saturated heterocycles. The molecule has 8 heteroatoms. The number of amides is 1. The number of hydrogen-bond donors (Lipinski definition) is 1. The van der Waals surface area contributed by atoms with E-state index in [-0.39, 0.29) is 24.2 Å². The van der Waals surface area contributed by atoms with Crippen LogP contribution in [0.4, 0.5) is 0 Å². The molecule has 2 heterocycles. The van der Waals surface area contributed by atoms with Crippen molar-refractivity contribution in [2.45, 2.75) is 46.9 Å². The van der Waals surface area contributed by atoms with Gasteiger partial charge >= 0.3 is 0 Å². The molecule has 1 unspecified atom stereocenters. The smallest absolute Gasteiger partial charge is 0.274 e. The predicted molar refractivity (Wildman–Crippen MR) is 98.3 cm³/mol. The largest absolute Gasteiger partial charge is 0.485 e. The normalized spacial score (nSPS) is 12.0. The van der Waals surface area contributed by atoms with Gasteiger partial charge in [-0.3, -0.25) is 4.79 Å². The van der Waals surface area contributed by atoms with Crippen molar-refractivity contribution < 1.29 is 14.1 Å². The Morgan fingerprint density at radius 3 is 2.93 bits per heavy atom. The monoisotopic (exact) mass is 369 g/mol. The van der Waals surface area contributed by atoms with Crippen molar-refractivity contribution >= 4 is 5.91 Å². The average molecular weight is 369 g/mol. The van der Waals surface area contributed by atoms with Gasteiger partial charge in [-0.25, -0.2) is 9.67 Å². The second-order valence-electron chi connectivity index (χ2n) is 6.37. The Morgan fingerprint density at radius 1 is 1.33 bits per heavy atom. The van der Waals surface area contributed by atoms with Crippen molar-refractivity contribution in [2.24, 2.45) is 0 Å². The minimum atomic E-state index is -0.338. The van der Waals surface area contributed by atoms with E-state index in [1.54, 1.807) is 10.7 Å². The van der Waals surface area contributed by atoms with E-state index >= 15 is 0 Å². The summed E-state index contributed by atoms with van der Waals surface area (Å²) in [7, 11) is 0. The lowest BCUT2D eigenvalue weighted by molar-refractivity contribution is 0.0928. The van der Waals surface area contributed by atoms with Gasteiger partial charge in [0.1, 0.15) is 24.5 Å². The minimum Gasteiger partial charge on any atom is -0.485 e. The Kier molecular flexibility index (Phi) is 5.54. The van der Waals surface area contributed by atoms with Crippen LogP contribution in [-0.4, -0.2) is 25.8 Å². The lowest BCUT2D eigenvalue weighted by Crippen LogP contribution is -2.29. The minimum absolute atomic E-state index is 0.198. The number of benzene rings is 1. The summed E-state index contributed by atoms with van der Waals surface area (Å²) in [6.45, 7) is 8.67. The van der Waals surface area contributed by atoms with Crippen LogP contribution in [0.5, 0.6) is 5.75 Å². The number of aromatic nitrogens is 4. The predicted octanol–water partition coefficient (Wildman–Crippen LogP) is 2.97. The van der Waals surface area contributed by atoms with Crippen molar-refractivity contribution in [1.29, 1.82) is 0 Å². The van der Waals surface area contributed by atoms with Crippen LogP contribution in [0.3, 0.4) is 0 Å². The summed E-state index contributed by atoms with van der Waals surface area (Å²) in [5.41, 5.74) is 2.35. The molecule has 8 nitrogen and oxygen atoms in total. The Bertz CT molecular complexity index is 931. The summed E-state index contributed by atoms with van der Waals surface area (Å²) >= 11 is 0. The maximum atomic E-state index is 12.4. The molecule has 0 aliphatic carbocycles. The zero-order valence-corrected chi connectivity index (χ0v) is 15.9. The van der Waals surface area contributed by atoms with Gasteiger partial charge in [0.2, 0.25) is 0 Å². The molecule has 0 aliphatic heterocycles. The lowest BCUT2D eigenvalue weighted by Gasteiger charge is -2.12. The van der Waals surface area contributed by atoms with Crippen LogP contribution in [0.2, 0.25) is 0 Å². The van der Waals surface area contributed by atoms with E-state index in [0.29, 0.717) is 18.1 Å². The maximum absolute atomic E-state index is 12.4. The molecule has 1 amide bonds. The molecule has 2 aromatic heterocycles. The fourth-order valence-corrected chi connectivity index (χ4v) is 2.69. The van der Waals surface area contributed by atoms with E-state index < -0.39 is 0 Å². The first-order valence-corrected chi connectivity index (χ1v) is 8.82. The summed E-state index contributed by atoms with van der Waals surface area (Å²) in [5.74, 6) is 1.61. The third-order valence-electron chi connectivity index (χ3n) is 4.19. The van der Waals surface area contributed by atoms with E-state index in [0.717, 1.165) is 16.9 Å². The highest BCUT2D eigenvalue weighted by molar-refractivity contribution is 5.92. The Labute approximate surface area is 157 Å². The third kappa shape index (κ3) is 4.33. The summed E-state index contributed by atoms with van der Waals surface area (Å²) < 4.78 is 12.7. The second kappa shape index (κ2) is 8.03. The molecule has 1 aromatic carbocycles. The molecular formula is C19H23N5O3. The van der Waals surface area contributed by atoms with Crippen LogP contribution in [-0.2, 0) is 13.2 Å². The highest BCUT2D eigenvalue weighted by Crippen LogP contribution is 2.20. The van der Waals surface area contributed by atoms with Crippen molar-refractivity contribution in [3.63, 3.8) is 0 Å². The zero-order chi connectivity index (χ0) is 19.4. The second-order valence-corrected chi connectivity index (χ2v) is 6.37. The SMILES string of the molecule is CCn1ncnc1C(C)NC(=O)c1cc(COc2cc(C)ccc2C)on1. The van der Waals surface area contributed by atoms with Crippen molar-refractivity contribution in [1.82, 2.24) is 25.2 Å². The first-order valence-electron chi connectivity index (χ1n) is 8.82. The molecule has 3 aromatic rings. The van der Waals surface area contributed by atoms with Crippen molar-refractivity contribution in [3.05, 3.63) is 59.0 Å². The third-order valence-corrected chi connectivity index (χ3v) is 4.19. The number of nitrogens with zero attached hydrogens (tertiary/aromatic N) is 4. The fraction of sp³-hybridized carbons (Fsp3) is 0.368. The number of hydrogen-bond acceptors (Lipinski definition) is 6. The average Bonchev–Trinajstić information content (AvgIpc) is 3.31. The lowest BCUT2D eigenvalue weighted by atomic mass is 10.1. The summed E-state index contributed by atoms with van der Waals surface area (Å²) in [5, 5.41) is 10.8. The van der Waals surface area contributed by atoms with Gasteiger partial charge in [-0.15, -0.1) is 0 Å². The van der Waals surface area contributed by atoms with Gasteiger partial charge in [0.05, 0.1) is 6.04 Å². The fourth-order valence-electron chi connectivity index (χ4n) is 2.69. The molecule has 1 atom stereocenters. The Morgan fingerprint density at radius 2 is 2.15 bits per heavy atom. The molecule has 0 spiro atoms. The first kappa shape index (κ1) is 18.6. The maximum Gasteiger partial charge on any atom is 0.274 e. The standard InChI is InChI=1S/C19H23N5O3/c1-5-24-18(20-11-21-24)14(4)22-19(25)16-9-15(27-23-16)10-26-17-8-12(2)6-7-13(17)3/h6-9,11,14H,5,10H2,1-4H3,(H,22,25). The molecule has 0 fully saturated rings. The number of carbonyl (C=O) groups excluding carboxylic acids is 1. The van der Waals surface area contributed by atoms with Crippen LogP contribution in [0.1, 0.15) is 53.1 Å². The molecule has 0 aliphatic rings. The van der Waals surface area contributed by atoms with E-state index in [9.17, 15) is 4.79 Å². The van der Waals surface area contributed by atoms with E-state index in [1.807, 2.05) is 45.9 Å². The molecule has 0 radical (unpaired) electrons. The van der Waals surface area contributed by atoms with E-state index in [1.165, 1.54) is 6.33 Å². The van der Waals surface area contributed by atoms with E-state index in [2.05, 4.69) is 20.6 Å². The Hall–Kier alpha value is -3.16. The molecule has 1 N–H and O–H groups in total. The van der Waals surface area contributed by atoms with Gasteiger partial charge in [-0.2, -0.15) is 5.10 Å². The van der Waals surface area contributed by atoms with Gasteiger partial charge in [0.15, 0.2) is 11.5 Å². The summed E-state index contributed by atoms with van der Waals surface area (Å²) in [4.78, 5) is 16.6. The summed E-state index contributed by atoms with van der Waals surface area (Å²) in [6.07, 6.45) is 1.47. The van der Waals surface area contributed by atoms with Gasteiger partial charge in [-0.05, 0) is 44.9 Å². The zero-order valence-electron chi connectivity index (χ0n) is 15.9. The quantitative estimate of drug-likeness (QED) is 0.688. The van der Waals surface area contributed by atoms with Crippen molar-refractivity contribution in [3.8, 4) is 5.75 Å². The number of aryl methyl sites for hydroxylation is 3. The van der Waals surface area contributed by atoms with Gasteiger partial charge in [0, 0.05) is 12.6 Å². The molecular weight excluding hydrogens is 346 g/mol. The molecule has 0 bridgehead atoms. The van der Waals surface area contributed by atoms with Crippen LogP contribution in [0.15, 0.2) is 35.1 Å². The number of nitrogens with one attached hydrogen (secondary N) is 1. The molecule has 142 valence electrons. The Balaban J connectivity index is 1.61.